The molecular formula is C19H31IN4O. The molecule has 2 aliphatic rings. The average molecular weight is 458 g/mol. The van der Waals surface area contributed by atoms with Crippen LogP contribution in [0.1, 0.15) is 51.5 Å². The third-order valence-corrected chi connectivity index (χ3v) is 5.16. The summed E-state index contributed by atoms with van der Waals surface area (Å²) in [5.41, 5.74) is 1.16. The van der Waals surface area contributed by atoms with E-state index < -0.39 is 0 Å². The minimum Gasteiger partial charge on any atom is -0.474 e. The molecule has 2 unspecified atom stereocenters. The Hall–Kier alpha value is -1.05. The highest BCUT2D eigenvalue weighted by atomic mass is 127. The second kappa shape index (κ2) is 9.59. The van der Waals surface area contributed by atoms with Gasteiger partial charge in [0.25, 0.3) is 0 Å². The van der Waals surface area contributed by atoms with Crippen LogP contribution in [0.2, 0.25) is 0 Å². The summed E-state index contributed by atoms with van der Waals surface area (Å²) >= 11 is 0. The van der Waals surface area contributed by atoms with Crippen LogP contribution in [-0.2, 0) is 6.54 Å². The molecule has 0 spiro atoms. The number of aromatic nitrogens is 1. The van der Waals surface area contributed by atoms with E-state index >= 15 is 0 Å². The van der Waals surface area contributed by atoms with Gasteiger partial charge in [0.1, 0.15) is 6.10 Å². The van der Waals surface area contributed by atoms with E-state index in [1.165, 1.54) is 19.3 Å². The van der Waals surface area contributed by atoms with Gasteiger partial charge in [-0.05, 0) is 55.6 Å². The topological polar surface area (TPSA) is 58.5 Å². The quantitative estimate of drug-likeness (QED) is 0.401. The zero-order valence-electron chi connectivity index (χ0n) is 15.5. The first-order valence-corrected chi connectivity index (χ1v) is 9.23. The molecule has 6 heteroatoms. The van der Waals surface area contributed by atoms with Crippen molar-refractivity contribution in [2.75, 3.05) is 7.05 Å². The maximum Gasteiger partial charge on any atom is 0.213 e. The Morgan fingerprint density at radius 1 is 1.28 bits per heavy atom. The lowest BCUT2D eigenvalue weighted by molar-refractivity contribution is 0.130. The van der Waals surface area contributed by atoms with Crippen molar-refractivity contribution in [3.05, 3.63) is 23.9 Å². The van der Waals surface area contributed by atoms with Crippen LogP contribution in [0.4, 0.5) is 0 Å². The molecule has 0 aliphatic heterocycles. The smallest absolute Gasteiger partial charge is 0.213 e. The first-order chi connectivity index (χ1) is 11.6. The van der Waals surface area contributed by atoms with Crippen LogP contribution in [0.3, 0.4) is 0 Å². The number of guanidine groups is 1. The maximum atomic E-state index is 6.08. The number of aliphatic imine (C=N–C) groups is 1. The molecule has 5 nitrogen and oxygen atoms in total. The molecule has 2 atom stereocenters. The highest BCUT2D eigenvalue weighted by molar-refractivity contribution is 14.0. The fourth-order valence-electron chi connectivity index (χ4n) is 3.22. The van der Waals surface area contributed by atoms with E-state index in [2.05, 4.69) is 34.5 Å². The van der Waals surface area contributed by atoms with Crippen molar-refractivity contribution in [1.82, 2.24) is 15.6 Å². The summed E-state index contributed by atoms with van der Waals surface area (Å²) in [7, 11) is 1.81. The van der Waals surface area contributed by atoms with Crippen molar-refractivity contribution in [2.24, 2.45) is 16.8 Å². The normalized spacial score (nSPS) is 28.7. The number of hydrogen-bond acceptors (Lipinski definition) is 3. The highest BCUT2D eigenvalue weighted by Gasteiger charge is 2.33. The van der Waals surface area contributed by atoms with Crippen LogP contribution in [0.5, 0.6) is 5.88 Å². The molecular weight excluding hydrogens is 427 g/mol. The molecule has 0 radical (unpaired) electrons. The molecule has 140 valence electrons. The molecule has 1 aromatic rings. The van der Waals surface area contributed by atoms with Crippen molar-refractivity contribution >= 4 is 29.9 Å². The molecule has 0 aromatic carbocycles. The number of pyridine rings is 1. The van der Waals surface area contributed by atoms with Crippen molar-refractivity contribution in [2.45, 2.75) is 64.6 Å². The zero-order valence-corrected chi connectivity index (χ0v) is 17.8. The molecule has 2 aliphatic carbocycles. The predicted molar refractivity (Wildman–Crippen MR) is 113 cm³/mol. The summed E-state index contributed by atoms with van der Waals surface area (Å²) in [4.78, 5) is 8.66. The van der Waals surface area contributed by atoms with Gasteiger partial charge in [-0.3, -0.25) is 4.99 Å². The highest BCUT2D eigenvalue weighted by Crippen LogP contribution is 2.29. The molecule has 2 fully saturated rings. The summed E-state index contributed by atoms with van der Waals surface area (Å²) in [6, 6.07) is 4.63. The minimum atomic E-state index is 0. The third-order valence-electron chi connectivity index (χ3n) is 5.16. The van der Waals surface area contributed by atoms with Crippen LogP contribution in [0, 0.1) is 11.8 Å². The number of nitrogens with zero attached hydrogens (tertiary/aromatic N) is 2. The largest absolute Gasteiger partial charge is 0.474 e. The van der Waals surface area contributed by atoms with Gasteiger partial charge >= 0.3 is 0 Å². The number of hydrogen-bond donors (Lipinski definition) is 2. The van der Waals surface area contributed by atoms with Crippen LogP contribution in [-0.4, -0.2) is 30.1 Å². The molecule has 3 rings (SSSR count). The Morgan fingerprint density at radius 3 is 2.64 bits per heavy atom. The Bertz CT molecular complexity index is 572. The second-order valence-electron chi connectivity index (χ2n) is 7.39. The Labute approximate surface area is 168 Å². The van der Waals surface area contributed by atoms with E-state index in [-0.39, 0.29) is 24.0 Å². The Morgan fingerprint density at radius 2 is 2.00 bits per heavy atom. The summed E-state index contributed by atoms with van der Waals surface area (Å²) in [6.45, 7) is 5.30. The fourth-order valence-corrected chi connectivity index (χ4v) is 3.22. The first kappa shape index (κ1) is 20.3. The van der Waals surface area contributed by atoms with Crippen LogP contribution < -0.4 is 15.4 Å². The van der Waals surface area contributed by atoms with Crippen molar-refractivity contribution < 1.29 is 4.74 Å². The van der Waals surface area contributed by atoms with Gasteiger partial charge in [-0.1, -0.05) is 13.8 Å². The lowest BCUT2D eigenvalue weighted by Crippen LogP contribution is -2.38. The molecule has 2 N–H and O–H groups in total. The Balaban J connectivity index is 0.00000225. The summed E-state index contributed by atoms with van der Waals surface area (Å²) in [5, 5.41) is 6.81. The van der Waals surface area contributed by atoms with Crippen molar-refractivity contribution in [3.63, 3.8) is 0 Å². The van der Waals surface area contributed by atoms with Gasteiger partial charge in [-0.2, -0.15) is 0 Å². The van der Waals surface area contributed by atoms with Gasteiger partial charge in [0, 0.05) is 31.9 Å². The van der Waals surface area contributed by atoms with Crippen LogP contribution in [0.15, 0.2) is 23.3 Å². The summed E-state index contributed by atoms with van der Waals surface area (Å²) < 4.78 is 6.08. The van der Waals surface area contributed by atoms with Gasteiger partial charge in [0.2, 0.25) is 5.88 Å². The van der Waals surface area contributed by atoms with Gasteiger partial charge in [-0.25, -0.2) is 4.98 Å². The number of halogens is 1. The first-order valence-electron chi connectivity index (χ1n) is 9.23. The SMILES string of the molecule is CN=C(NCc1ccnc(OC2CCC(C)CC2)c1)NC1CC1C.I. The number of ether oxygens (including phenoxy) is 1. The molecule has 25 heavy (non-hydrogen) atoms. The van der Waals surface area contributed by atoms with Gasteiger partial charge in [-0.15, -0.1) is 24.0 Å². The van der Waals surface area contributed by atoms with Crippen molar-refractivity contribution in [1.29, 1.82) is 0 Å². The van der Waals surface area contributed by atoms with E-state index in [0.717, 1.165) is 48.6 Å². The van der Waals surface area contributed by atoms with Crippen molar-refractivity contribution in [3.8, 4) is 5.88 Å². The van der Waals surface area contributed by atoms with Gasteiger partial charge in [0.05, 0.1) is 0 Å². The molecule has 1 heterocycles. The fraction of sp³-hybridized carbons (Fsp3) is 0.684. The van der Waals surface area contributed by atoms with E-state index in [1.54, 1.807) is 0 Å². The molecule has 0 saturated heterocycles. The summed E-state index contributed by atoms with van der Waals surface area (Å²) in [6.07, 6.45) is 8.18. The van der Waals surface area contributed by atoms with Crippen LogP contribution >= 0.6 is 24.0 Å². The average Bonchev–Trinajstić information content (AvgIpc) is 3.29. The molecule has 1 aromatic heterocycles. The van der Waals surface area contributed by atoms with E-state index in [0.29, 0.717) is 12.1 Å². The van der Waals surface area contributed by atoms with E-state index in [9.17, 15) is 0 Å². The lowest BCUT2D eigenvalue weighted by atomic mass is 9.89. The van der Waals surface area contributed by atoms with Gasteiger partial charge < -0.3 is 15.4 Å². The zero-order chi connectivity index (χ0) is 16.9. The van der Waals surface area contributed by atoms with Crippen LogP contribution in [0.25, 0.3) is 0 Å². The Kier molecular flexibility index (Phi) is 7.78. The lowest BCUT2D eigenvalue weighted by Gasteiger charge is -2.26. The standard InChI is InChI=1S/C19H30N4O.HI/c1-13-4-6-16(7-5-13)24-18-11-15(8-9-21-18)12-22-19(20-3)23-17-10-14(17)2;/h8-9,11,13-14,16-17H,4-7,10,12H2,1-3H3,(H2,20,22,23);1H. The molecule has 0 bridgehead atoms. The monoisotopic (exact) mass is 458 g/mol. The third kappa shape index (κ3) is 6.31. The molecule has 0 amide bonds. The summed E-state index contributed by atoms with van der Waals surface area (Å²) in [5.74, 6) is 3.20. The van der Waals surface area contributed by atoms with Gasteiger partial charge in [0.15, 0.2) is 5.96 Å². The second-order valence-corrected chi connectivity index (χ2v) is 7.39. The number of nitrogens with one attached hydrogen (secondary N) is 2. The number of rotatable bonds is 5. The molecule has 2 saturated carbocycles. The van der Waals surface area contributed by atoms with E-state index in [1.807, 2.05) is 25.4 Å². The van der Waals surface area contributed by atoms with E-state index in [4.69, 9.17) is 4.74 Å². The maximum absolute atomic E-state index is 6.08. The predicted octanol–water partition coefficient (Wildman–Crippen LogP) is 3.73. The minimum absolute atomic E-state index is 0.